The third-order valence-electron chi connectivity index (χ3n) is 4.20. The summed E-state index contributed by atoms with van der Waals surface area (Å²) in [6.45, 7) is 0.833. The Hall–Kier alpha value is -3.19. The molecule has 0 bridgehead atoms. The Morgan fingerprint density at radius 3 is 2.07 bits per heavy atom. The van der Waals surface area contributed by atoms with Crippen LogP contribution in [0.1, 0.15) is 27.6 Å². The Balaban J connectivity index is 1.70. The summed E-state index contributed by atoms with van der Waals surface area (Å²) in [6.07, 6.45) is -2.44. The lowest BCUT2D eigenvalue weighted by molar-refractivity contribution is -0.155. The van der Waals surface area contributed by atoms with E-state index >= 15 is 0 Å². The number of rotatable bonds is 5. The van der Waals surface area contributed by atoms with Crippen LogP contribution in [0.25, 0.3) is 0 Å². The molecule has 27 heavy (non-hydrogen) atoms. The van der Waals surface area contributed by atoms with E-state index in [1.54, 1.807) is 60.7 Å². The zero-order chi connectivity index (χ0) is 19.4. The molecule has 3 unspecified atom stereocenters. The smallest absolute Gasteiger partial charge is 0.342 e. The van der Waals surface area contributed by atoms with E-state index in [2.05, 4.69) is 0 Å². The fourth-order valence-electron chi connectivity index (χ4n) is 2.68. The molecule has 1 aliphatic rings. The fraction of sp³-hybridized carbons (Fsp3) is 0.250. The molecule has 7 nitrogen and oxygen atoms in total. The average Bonchev–Trinajstić information content (AvgIpc) is 2.90. The molecule has 0 spiro atoms. The molecule has 0 radical (unpaired) electrons. The zero-order valence-electron chi connectivity index (χ0n) is 14.5. The Bertz CT molecular complexity index is 830. The monoisotopic (exact) mass is 370 g/mol. The quantitative estimate of drug-likeness (QED) is 0.632. The topological polar surface area (TPSA) is 99.1 Å². The summed E-state index contributed by atoms with van der Waals surface area (Å²) >= 11 is 0. The minimum absolute atomic E-state index is 0.257. The summed E-state index contributed by atoms with van der Waals surface area (Å²) in [6, 6.07) is 16.4. The third-order valence-corrected chi connectivity index (χ3v) is 4.20. The number of benzene rings is 2. The van der Waals surface area contributed by atoms with Crippen LogP contribution in [0.5, 0.6) is 0 Å². The van der Waals surface area contributed by atoms with Crippen molar-refractivity contribution in [2.24, 2.45) is 0 Å². The summed E-state index contributed by atoms with van der Waals surface area (Å²) in [7, 11) is 0. The number of cyclic esters (lactones) is 1. The van der Waals surface area contributed by atoms with E-state index in [0.29, 0.717) is 5.56 Å². The molecule has 1 aliphatic heterocycles. The first-order valence-electron chi connectivity index (χ1n) is 8.31. The molecule has 0 aromatic heterocycles. The first-order valence-corrected chi connectivity index (χ1v) is 8.31. The summed E-state index contributed by atoms with van der Waals surface area (Å²) in [5.74, 6) is -2.29. The predicted octanol–water partition coefficient (Wildman–Crippen LogP) is 1.75. The molecule has 140 valence electrons. The van der Waals surface area contributed by atoms with Gasteiger partial charge in [-0.3, -0.25) is 0 Å². The van der Waals surface area contributed by atoms with Crippen LogP contribution < -0.4 is 0 Å². The van der Waals surface area contributed by atoms with Crippen molar-refractivity contribution >= 4 is 17.9 Å². The maximum Gasteiger partial charge on any atom is 0.342 e. The lowest BCUT2D eigenvalue weighted by Crippen LogP contribution is -2.47. The van der Waals surface area contributed by atoms with Gasteiger partial charge in [-0.15, -0.1) is 0 Å². The van der Waals surface area contributed by atoms with E-state index in [0.717, 1.165) is 0 Å². The Morgan fingerprint density at radius 2 is 1.52 bits per heavy atom. The van der Waals surface area contributed by atoms with E-state index in [9.17, 15) is 19.5 Å². The van der Waals surface area contributed by atoms with Gasteiger partial charge in [-0.2, -0.15) is 0 Å². The molecule has 1 heterocycles. The van der Waals surface area contributed by atoms with Crippen molar-refractivity contribution in [1.29, 1.82) is 0 Å². The second-order valence-corrected chi connectivity index (χ2v) is 6.25. The third kappa shape index (κ3) is 3.98. The Kier molecular flexibility index (Phi) is 5.23. The van der Waals surface area contributed by atoms with Crippen molar-refractivity contribution in [2.45, 2.75) is 24.7 Å². The summed E-state index contributed by atoms with van der Waals surface area (Å²) in [4.78, 5) is 36.3. The van der Waals surface area contributed by atoms with Crippen LogP contribution in [0.2, 0.25) is 0 Å². The highest BCUT2D eigenvalue weighted by atomic mass is 16.6. The largest absolute Gasteiger partial charge is 0.458 e. The van der Waals surface area contributed by atoms with Crippen LogP contribution >= 0.6 is 0 Å². The molecule has 0 amide bonds. The first kappa shape index (κ1) is 18.6. The highest BCUT2D eigenvalue weighted by molar-refractivity contribution is 5.91. The Morgan fingerprint density at radius 1 is 1.00 bits per heavy atom. The van der Waals surface area contributed by atoms with Crippen molar-refractivity contribution in [3.63, 3.8) is 0 Å². The van der Waals surface area contributed by atoms with Crippen LogP contribution in [-0.4, -0.2) is 47.4 Å². The van der Waals surface area contributed by atoms with Crippen LogP contribution in [0.4, 0.5) is 0 Å². The summed E-state index contributed by atoms with van der Waals surface area (Å²) < 4.78 is 15.5. The molecule has 1 fully saturated rings. The lowest BCUT2D eigenvalue weighted by atomic mass is 9.98. The maximum atomic E-state index is 12.3. The van der Waals surface area contributed by atoms with Gasteiger partial charge in [-0.05, 0) is 31.2 Å². The van der Waals surface area contributed by atoms with Gasteiger partial charge >= 0.3 is 17.9 Å². The van der Waals surface area contributed by atoms with Gasteiger partial charge in [0.25, 0.3) is 0 Å². The van der Waals surface area contributed by atoms with Crippen molar-refractivity contribution in [2.75, 3.05) is 6.61 Å². The van der Waals surface area contributed by atoms with Crippen LogP contribution in [0.3, 0.4) is 0 Å². The van der Waals surface area contributed by atoms with Gasteiger partial charge in [0.1, 0.15) is 6.61 Å². The fourth-order valence-corrected chi connectivity index (χ4v) is 2.68. The number of esters is 3. The minimum Gasteiger partial charge on any atom is -0.458 e. The molecule has 1 saturated heterocycles. The maximum absolute atomic E-state index is 12.3. The number of carbonyl (C=O) groups is 3. The molecule has 3 atom stereocenters. The molecule has 2 aromatic rings. The van der Waals surface area contributed by atoms with Gasteiger partial charge < -0.3 is 19.3 Å². The molecular formula is C20H18O7. The molecule has 2 aromatic carbocycles. The normalized spacial score (nSPS) is 24.1. The summed E-state index contributed by atoms with van der Waals surface area (Å²) in [5, 5.41) is 10.4. The lowest BCUT2D eigenvalue weighted by Gasteiger charge is -2.24. The number of ether oxygens (including phenoxy) is 3. The highest BCUT2D eigenvalue weighted by Gasteiger charge is 2.56. The van der Waals surface area contributed by atoms with Gasteiger partial charge in [0, 0.05) is 0 Å². The molecular weight excluding hydrogens is 352 g/mol. The van der Waals surface area contributed by atoms with Gasteiger partial charge in [-0.1, -0.05) is 36.4 Å². The molecule has 7 heteroatoms. The average molecular weight is 370 g/mol. The predicted molar refractivity (Wildman–Crippen MR) is 92.9 cm³/mol. The van der Waals surface area contributed by atoms with Crippen LogP contribution in [-0.2, 0) is 19.0 Å². The van der Waals surface area contributed by atoms with Crippen molar-refractivity contribution in [3.05, 3.63) is 71.8 Å². The van der Waals surface area contributed by atoms with E-state index in [4.69, 9.17) is 14.2 Å². The van der Waals surface area contributed by atoms with Crippen LogP contribution in [0.15, 0.2) is 60.7 Å². The standard InChI is InChI=1S/C20H18O7/c1-20(24)16(27-18(22)14-10-6-3-7-11-14)15(26-19(20)23)12-25-17(21)13-8-4-2-5-9-13/h2-11,15-16,24H,12H2,1H3. The second kappa shape index (κ2) is 7.59. The van der Waals surface area contributed by atoms with Gasteiger partial charge in [-0.25, -0.2) is 14.4 Å². The van der Waals surface area contributed by atoms with Crippen molar-refractivity contribution < 1.29 is 33.7 Å². The van der Waals surface area contributed by atoms with Gasteiger partial charge in [0.05, 0.1) is 11.1 Å². The zero-order valence-corrected chi connectivity index (χ0v) is 14.5. The molecule has 0 saturated carbocycles. The van der Waals surface area contributed by atoms with E-state index < -0.39 is 35.7 Å². The molecule has 0 aliphatic carbocycles. The van der Waals surface area contributed by atoms with E-state index in [1.165, 1.54) is 6.92 Å². The number of aliphatic hydroxyl groups is 1. The van der Waals surface area contributed by atoms with Gasteiger partial charge in [0.15, 0.2) is 17.8 Å². The minimum atomic E-state index is -2.05. The highest BCUT2D eigenvalue weighted by Crippen LogP contribution is 2.30. The van der Waals surface area contributed by atoms with Crippen molar-refractivity contribution in [3.8, 4) is 0 Å². The van der Waals surface area contributed by atoms with Crippen molar-refractivity contribution in [1.82, 2.24) is 0 Å². The number of hydrogen-bond donors (Lipinski definition) is 1. The van der Waals surface area contributed by atoms with Crippen LogP contribution in [0, 0.1) is 0 Å². The second-order valence-electron chi connectivity index (χ2n) is 6.25. The van der Waals surface area contributed by atoms with E-state index in [1.807, 2.05) is 0 Å². The summed E-state index contributed by atoms with van der Waals surface area (Å²) in [5.41, 5.74) is -1.46. The molecule has 1 N–H and O–H groups in total. The van der Waals surface area contributed by atoms with E-state index in [-0.39, 0.29) is 12.2 Å². The first-order chi connectivity index (χ1) is 12.9. The number of carbonyl (C=O) groups excluding carboxylic acids is 3. The molecule has 3 rings (SSSR count). The SMILES string of the molecule is CC1(O)C(=O)OC(COC(=O)c2ccccc2)C1OC(=O)c1ccccc1. The Labute approximate surface area is 155 Å². The number of hydrogen-bond acceptors (Lipinski definition) is 7. The van der Waals surface area contributed by atoms with Gasteiger partial charge in [0.2, 0.25) is 0 Å².